The van der Waals surface area contributed by atoms with E-state index < -0.39 is 20.2 Å². The van der Waals surface area contributed by atoms with Crippen molar-refractivity contribution in [2.24, 2.45) is 0 Å². The molecule has 0 atom stereocenters. The molecule has 1 N–H and O–H groups in total. The summed E-state index contributed by atoms with van der Waals surface area (Å²) in [5.41, 5.74) is 0. The molecule has 1 rings (SSSR count). The van der Waals surface area contributed by atoms with Crippen LogP contribution in [0.2, 0.25) is 0 Å². The Morgan fingerprint density at radius 2 is 1.21 bits per heavy atom. The number of likely N-dealkylation sites (N-methyl/N-ethyl adjacent to an activating group) is 1. The van der Waals surface area contributed by atoms with Gasteiger partial charge in [-0.3, -0.25) is 14.3 Å². The predicted octanol–water partition coefficient (Wildman–Crippen LogP) is -3.20. The van der Waals surface area contributed by atoms with Gasteiger partial charge in [0.25, 0.3) is 0 Å². The second kappa shape index (κ2) is 24.2. The van der Waals surface area contributed by atoms with Gasteiger partial charge in [0, 0.05) is 24.3 Å². The average Bonchev–Trinajstić information content (AvgIpc) is 3.14. The standard InChI is InChI=1S/C25H49N3O7S2.2Na/c1-27-20-21-28(25(27)17-13-9-5-3-7-11-15-23-37(33,34)35)19-18-26-24(29)16-12-8-4-2-6-10-14-22-36(30,31)32;;/h2-23H2,1H3,(H2-,26,29,30,31,32,33,34,35);;/q;2*+1/p-1. The van der Waals surface area contributed by atoms with Crippen LogP contribution in [0.5, 0.6) is 0 Å². The summed E-state index contributed by atoms with van der Waals surface area (Å²) in [5, 5.41) is 3.03. The van der Waals surface area contributed by atoms with Crippen molar-refractivity contribution < 1.29 is 94.4 Å². The van der Waals surface area contributed by atoms with Crippen molar-refractivity contribution in [2.75, 3.05) is 44.7 Å². The van der Waals surface area contributed by atoms with Crippen LogP contribution < -0.4 is 64.4 Å². The van der Waals surface area contributed by atoms with E-state index >= 15 is 0 Å². The van der Waals surface area contributed by atoms with Gasteiger partial charge in [0.05, 0.1) is 33.8 Å². The van der Waals surface area contributed by atoms with Crippen LogP contribution in [-0.2, 0) is 25.0 Å². The third-order valence-corrected chi connectivity index (χ3v) is 8.39. The third kappa shape index (κ3) is 25.0. The summed E-state index contributed by atoms with van der Waals surface area (Å²) in [6.07, 6.45) is 14.1. The molecule has 0 fully saturated rings. The second-order valence-corrected chi connectivity index (χ2v) is 13.2. The number of amides is 1. The Balaban J connectivity index is 0. The number of unbranched alkanes of at least 4 members (excludes halogenated alkanes) is 12. The fourth-order valence-corrected chi connectivity index (χ4v) is 5.79. The molecule has 10 nitrogen and oxygen atoms in total. The Bertz CT molecular complexity index is 901. The van der Waals surface area contributed by atoms with E-state index in [4.69, 9.17) is 0 Å². The Hall–Kier alpha value is 0.760. The first-order chi connectivity index (χ1) is 17.5. The molecule has 0 aromatic heterocycles. The van der Waals surface area contributed by atoms with Gasteiger partial charge in [-0.2, -0.15) is 0 Å². The molecule has 0 radical (unpaired) electrons. The number of hydrogen-bond acceptors (Lipinski definition) is 8. The molecule has 0 aromatic carbocycles. The van der Waals surface area contributed by atoms with E-state index in [0.717, 1.165) is 103 Å². The van der Waals surface area contributed by atoms with E-state index in [9.17, 15) is 30.7 Å². The summed E-state index contributed by atoms with van der Waals surface area (Å²) in [6.45, 7) is 3.43. The first-order valence-electron chi connectivity index (χ1n) is 13.9. The molecule has 1 heterocycles. The number of carbonyl (C=O) groups excluding carboxylic acids is 1. The molecule has 0 bridgehead atoms. The van der Waals surface area contributed by atoms with Crippen LogP contribution in [0.1, 0.15) is 103 Å². The van der Waals surface area contributed by atoms with Crippen molar-refractivity contribution in [1.82, 2.24) is 10.2 Å². The van der Waals surface area contributed by atoms with Crippen LogP contribution in [-0.4, -0.2) is 91.9 Å². The zero-order valence-corrected chi connectivity index (χ0v) is 30.3. The molecule has 0 aromatic rings. The van der Waals surface area contributed by atoms with Crippen molar-refractivity contribution in [2.45, 2.75) is 103 Å². The van der Waals surface area contributed by atoms with Crippen molar-refractivity contribution in [3.8, 4) is 0 Å². The molecule has 0 aliphatic carbocycles. The molecule has 39 heavy (non-hydrogen) atoms. The number of amidine groups is 1. The number of hydrogen-bond donors (Lipinski definition) is 1. The Kier molecular flexibility index (Phi) is 26.0. The van der Waals surface area contributed by atoms with Gasteiger partial charge in [-0.25, -0.2) is 16.8 Å². The summed E-state index contributed by atoms with van der Waals surface area (Å²) < 4.78 is 65.7. The number of nitrogens with zero attached hydrogens (tertiary/aromatic N) is 2. The van der Waals surface area contributed by atoms with Crippen molar-refractivity contribution in [3.63, 3.8) is 0 Å². The van der Waals surface area contributed by atoms with Gasteiger partial charge >= 0.3 is 59.1 Å². The van der Waals surface area contributed by atoms with Crippen molar-refractivity contribution in [3.05, 3.63) is 0 Å². The predicted molar refractivity (Wildman–Crippen MR) is 144 cm³/mol. The van der Waals surface area contributed by atoms with E-state index in [0.29, 0.717) is 25.8 Å². The molecule has 1 amide bonds. The molecule has 0 saturated heterocycles. The normalized spacial score (nSPS) is 13.8. The molecule has 218 valence electrons. The van der Waals surface area contributed by atoms with Gasteiger partial charge in [-0.05, 0) is 25.7 Å². The molecule has 0 unspecified atom stereocenters. The largest absolute Gasteiger partial charge is 1.00 e. The van der Waals surface area contributed by atoms with Gasteiger partial charge in [0.2, 0.25) is 11.7 Å². The van der Waals surface area contributed by atoms with Crippen LogP contribution in [0.3, 0.4) is 0 Å². The van der Waals surface area contributed by atoms with Gasteiger partial charge in [-0.1, -0.05) is 64.2 Å². The maximum Gasteiger partial charge on any atom is 1.00 e. The maximum absolute atomic E-state index is 12.1. The minimum atomic E-state index is -4.09. The van der Waals surface area contributed by atoms with Crippen LogP contribution in [0, 0.1) is 0 Å². The molecule has 0 spiro atoms. The first kappa shape index (κ1) is 41.9. The van der Waals surface area contributed by atoms with Gasteiger partial charge in [0.1, 0.15) is 19.6 Å². The SMILES string of the molecule is C[N+]1=C(CCCCCCCCCS(=O)(=O)[O-])N(CCNC(=O)CCCCCCCCCS(=O)(=O)[O-])CC1.[Na+].[Na+]. The average molecular weight is 613 g/mol. The Morgan fingerprint density at radius 1 is 0.769 bits per heavy atom. The number of nitrogens with one attached hydrogen (secondary N) is 1. The van der Waals surface area contributed by atoms with E-state index in [-0.39, 0.29) is 76.5 Å². The third-order valence-electron chi connectivity index (χ3n) is 6.81. The summed E-state index contributed by atoms with van der Waals surface area (Å²) in [7, 11) is -6.05. The van der Waals surface area contributed by atoms with E-state index in [2.05, 4.69) is 21.8 Å². The first-order valence-corrected chi connectivity index (χ1v) is 17.1. The van der Waals surface area contributed by atoms with Gasteiger partial charge < -0.3 is 14.4 Å². The quantitative estimate of drug-likeness (QED) is 0.0549. The van der Waals surface area contributed by atoms with E-state index in [1.165, 1.54) is 5.84 Å². The summed E-state index contributed by atoms with van der Waals surface area (Å²) in [4.78, 5) is 14.5. The minimum absolute atomic E-state index is 0. The smallest absolute Gasteiger partial charge is 0.748 e. The molecule has 14 heteroatoms. The van der Waals surface area contributed by atoms with Crippen molar-refractivity contribution in [1.29, 1.82) is 0 Å². The van der Waals surface area contributed by atoms with Crippen molar-refractivity contribution >= 4 is 32.0 Å². The summed E-state index contributed by atoms with van der Waals surface area (Å²) in [6, 6.07) is 0. The van der Waals surface area contributed by atoms with Crippen LogP contribution in [0.25, 0.3) is 0 Å². The van der Waals surface area contributed by atoms with Gasteiger partial charge in [-0.15, -0.1) is 0 Å². The molecular formula is C25H48N3Na2O7S2+. The monoisotopic (exact) mass is 612 g/mol. The topological polar surface area (TPSA) is 150 Å². The number of carbonyl (C=O) groups is 1. The molecule has 1 aliphatic heterocycles. The fourth-order valence-electron chi connectivity index (χ4n) is 4.67. The Morgan fingerprint density at radius 3 is 1.69 bits per heavy atom. The zero-order valence-electron chi connectivity index (χ0n) is 24.6. The minimum Gasteiger partial charge on any atom is -0.748 e. The molecule has 0 saturated carbocycles. The van der Waals surface area contributed by atoms with E-state index in [1.807, 2.05) is 0 Å². The van der Waals surface area contributed by atoms with Crippen LogP contribution in [0.4, 0.5) is 0 Å². The maximum atomic E-state index is 12.1. The van der Waals surface area contributed by atoms with Gasteiger partial charge in [0.15, 0.2) is 0 Å². The summed E-state index contributed by atoms with van der Waals surface area (Å²) in [5.74, 6) is 0.897. The Labute approximate surface area is 281 Å². The van der Waals surface area contributed by atoms with Crippen LogP contribution in [0.15, 0.2) is 0 Å². The number of rotatable bonds is 23. The fraction of sp³-hybridized carbons (Fsp3) is 0.920. The molecule has 1 aliphatic rings. The zero-order chi connectivity index (χ0) is 27.6. The summed E-state index contributed by atoms with van der Waals surface area (Å²) >= 11 is 0. The second-order valence-electron chi connectivity index (χ2n) is 10.1. The van der Waals surface area contributed by atoms with Crippen LogP contribution >= 0.6 is 0 Å². The molecular weight excluding hydrogens is 564 g/mol. The van der Waals surface area contributed by atoms with E-state index in [1.54, 1.807) is 0 Å².